The van der Waals surface area contributed by atoms with Crippen LogP contribution in [-0.4, -0.2) is 11.1 Å². The van der Waals surface area contributed by atoms with Crippen LogP contribution in [0.1, 0.15) is 47.8 Å². The van der Waals surface area contributed by atoms with Gasteiger partial charge in [0.2, 0.25) is 0 Å². The van der Waals surface area contributed by atoms with Crippen LogP contribution in [0, 0.1) is 5.92 Å². The molecule has 86 valence electrons. The molecule has 0 radical (unpaired) electrons. The van der Waals surface area contributed by atoms with Crippen LogP contribution >= 0.6 is 0 Å². The van der Waals surface area contributed by atoms with Gasteiger partial charge in [-0.2, -0.15) is 0 Å². The maximum absolute atomic E-state index is 14.1. The van der Waals surface area contributed by atoms with E-state index in [-0.39, 0.29) is 11.5 Å². The third-order valence-corrected chi connectivity index (χ3v) is 3.27. The summed E-state index contributed by atoms with van der Waals surface area (Å²) in [4.78, 5) is 10.8. The summed E-state index contributed by atoms with van der Waals surface area (Å²) in [5, 5.41) is 8.83. The minimum atomic E-state index is -1.01. The lowest BCUT2D eigenvalue weighted by Crippen LogP contribution is -2.06. The van der Waals surface area contributed by atoms with Crippen molar-refractivity contribution < 1.29 is 14.3 Å². The van der Waals surface area contributed by atoms with Gasteiger partial charge in [0.1, 0.15) is 6.17 Å². The molecule has 0 heterocycles. The quantitative estimate of drug-likeness (QED) is 0.848. The molecule has 1 fully saturated rings. The van der Waals surface area contributed by atoms with E-state index in [1.807, 2.05) is 0 Å². The van der Waals surface area contributed by atoms with Crippen molar-refractivity contribution in [2.24, 2.45) is 5.92 Å². The Balaban J connectivity index is 2.18. The molecule has 0 bridgehead atoms. The molecule has 1 aliphatic carbocycles. The van der Waals surface area contributed by atoms with Gasteiger partial charge in [-0.15, -0.1) is 0 Å². The summed E-state index contributed by atoms with van der Waals surface area (Å²) in [7, 11) is 0. The summed E-state index contributed by atoms with van der Waals surface area (Å²) >= 11 is 0. The summed E-state index contributed by atoms with van der Waals surface area (Å²) < 4.78 is 14.1. The van der Waals surface area contributed by atoms with E-state index in [0.29, 0.717) is 5.56 Å². The van der Waals surface area contributed by atoms with E-state index >= 15 is 0 Å². The van der Waals surface area contributed by atoms with Crippen LogP contribution in [0.15, 0.2) is 24.3 Å². The van der Waals surface area contributed by atoms with Crippen LogP contribution in [0.25, 0.3) is 0 Å². The third kappa shape index (κ3) is 2.23. The van der Waals surface area contributed by atoms with Gasteiger partial charge in [0.25, 0.3) is 0 Å². The van der Waals surface area contributed by atoms with E-state index in [2.05, 4.69) is 0 Å². The van der Waals surface area contributed by atoms with Crippen molar-refractivity contribution in [1.29, 1.82) is 0 Å². The van der Waals surface area contributed by atoms with Gasteiger partial charge in [-0.05, 0) is 36.5 Å². The molecule has 3 heteroatoms. The molecule has 1 atom stereocenters. The molecule has 0 aromatic heterocycles. The van der Waals surface area contributed by atoms with E-state index in [1.54, 1.807) is 12.1 Å². The van der Waals surface area contributed by atoms with Crippen molar-refractivity contribution in [3.8, 4) is 0 Å². The average Bonchev–Trinajstić information content (AvgIpc) is 2.81. The van der Waals surface area contributed by atoms with Crippen molar-refractivity contribution in [2.75, 3.05) is 0 Å². The standard InChI is InChI=1S/C13H15FO2/c14-12(9-4-1-2-5-9)10-6-3-7-11(8-10)13(15)16/h3,6-9,12H,1-2,4-5H2,(H,15,16). The molecule has 1 aliphatic rings. The maximum Gasteiger partial charge on any atom is 0.335 e. The molecule has 2 nitrogen and oxygen atoms in total. The van der Waals surface area contributed by atoms with Crippen molar-refractivity contribution in [2.45, 2.75) is 31.9 Å². The van der Waals surface area contributed by atoms with E-state index in [0.717, 1.165) is 25.7 Å². The van der Waals surface area contributed by atoms with E-state index in [1.165, 1.54) is 12.1 Å². The predicted molar refractivity (Wildman–Crippen MR) is 59.2 cm³/mol. The minimum Gasteiger partial charge on any atom is -0.478 e. The predicted octanol–water partition coefficient (Wildman–Crippen LogP) is 3.59. The molecule has 16 heavy (non-hydrogen) atoms. The first-order valence-electron chi connectivity index (χ1n) is 5.66. The number of halogens is 1. The Bertz CT molecular complexity index is 383. The molecule has 1 saturated carbocycles. The smallest absolute Gasteiger partial charge is 0.335 e. The number of alkyl halides is 1. The fraction of sp³-hybridized carbons (Fsp3) is 0.462. The monoisotopic (exact) mass is 222 g/mol. The van der Waals surface area contributed by atoms with Crippen LogP contribution in [-0.2, 0) is 0 Å². The molecule has 1 N–H and O–H groups in total. The molecule has 1 unspecified atom stereocenters. The molecule has 0 saturated heterocycles. The van der Waals surface area contributed by atoms with Crippen LogP contribution in [0.5, 0.6) is 0 Å². The van der Waals surface area contributed by atoms with Crippen molar-refractivity contribution in [1.82, 2.24) is 0 Å². The zero-order chi connectivity index (χ0) is 11.5. The number of aromatic carboxylic acids is 1. The number of rotatable bonds is 3. The van der Waals surface area contributed by atoms with Gasteiger partial charge >= 0.3 is 5.97 Å². The van der Waals surface area contributed by atoms with Gasteiger partial charge in [0.15, 0.2) is 0 Å². The average molecular weight is 222 g/mol. The molecule has 0 spiro atoms. The van der Waals surface area contributed by atoms with Gasteiger partial charge in [-0.25, -0.2) is 9.18 Å². The number of carboxylic acid groups (broad SMARTS) is 1. The van der Waals surface area contributed by atoms with E-state index in [9.17, 15) is 9.18 Å². The van der Waals surface area contributed by atoms with Gasteiger partial charge in [-0.1, -0.05) is 25.0 Å². The first-order valence-corrected chi connectivity index (χ1v) is 5.66. The highest BCUT2D eigenvalue weighted by Gasteiger charge is 2.26. The fourth-order valence-electron chi connectivity index (χ4n) is 2.37. The summed E-state index contributed by atoms with van der Waals surface area (Å²) in [6, 6.07) is 6.23. The number of hydrogen-bond acceptors (Lipinski definition) is 1. The largest absolute Gasteiger partial charge is 0.478 e. The SMILES string of the molecule is O=C(O)c1cccc(C(F)C2CCCC2)c1. The minimum absolute atomic E-state index is 0.0732. The first kappa shape index (κ1) is 11.1. The molecule has 1 aromatic rings. The summed E-state index contributed by atoms with van der Waals surface area (Å²) in [6.07, 6.45) is 2.99. The number of carboxylic acids is 1. The maximum atomic E-state index is 14.1. The lowest BCUT2D eigenvalue weighted by molar-refractivity contribution is 0.0696. The lowest BCUT2D eigenvalue weighted by atomic mass is 9.95. The van der Waals surface area contributed by atoms with Crippen molar-refractivity contribution in [3.05, 3.63) is 35.4 Å². The Labute approximate surface area is 94.1 Å². The van der Waals surface area contributed by atoms with Gasteiger partial charge in [0.05, 0.1) is 5.56 Å². The highest BCUT2D eigenvalue weighted by molar-refractivity contribution is 5.87. The van der Waals surface area contributed by atoms with Crippen LogP contribution < -0.4 is 0 Å². The number of hydrogen-bond donors (Lipinski definition) is 1. The zero-order valence-corrected chi connectivity index (χ0v) is 9.03. The molecular weight excluding hydrogens is 207 g/mol. The molecule has 0 amide bonds. The van der Waals surface area contributed by atoms with Crippen molar-refractivity contribution in [3.63, 3.8) is 0 Å². The highest BCUT2D eigenvalue weighted by Crippen LogP contribution is 2.38. The third-order valence-electron chi connectivity index (χ3n) is 3.27. The van der Waals surface area contributed by atoms with Gasteiger partial charge < -0.3 is 5.11 Å². The summed E-state index contributed by atoms with van der Waals surface area (Å²) in [5.41, 5.74) is 0.671. The Morgan fingerprint density at radius 3 is 2.69 bits per heavy atom. The number of carbonyl (C=O) groups is 1. The number of benzene rings is 1. The molecule has 0 aliphatic heterocycles. The van der Waals surface area contributed by atoms with Crippen LogP contribution in [0.3, 0.4) is 0 Å². The van der Waals surface area contributed by atoms with Crippen LogP contribution in [0.2, 0.25) is 0 Å². The summed E-state index contributed by atoms with van der Waals surface area (Å²) in [6.45, 7) is 0. The Hall–Kier alpha value is -1.38. The second-order valence-corrected chi connectivity index (χ2v) is 4.38. The van der Waals surface area contributed by atoms with E-state index < -0.39 is 12.1 Å². The normalized spacial score (nSPS) is 18.6. The Morgan fingerprint density at radius 1 is 1.38 bits per heavy atom. The topological polar surface area (TPSA) is 37.3 Å². The molecular formula is C13H15FO2. The fourth-order valence-corrected chi connectivity index (χ4v) is 2.37. The van der Waals surface area contributed by atoms with E-state index in [4.69, 9.17) is 5.11 Å². The highest BCUT2D eigenvalue weighted by atomic mass is 19.1. The van der Waals surface area contributed by atoms with Crippen molar-refractivity contribution >= 4 is 5.97 Å². The molecule has 1 aromatic carbocycles. The molecule has 2 rings (SSSR count). The Morgan fingerprint density at radius 2 is 2.06 bits per heavy atom. The second kappa shape index (κ2) is 4.64. The van der Waals surface area contributed by atoms with Crippen LogP contribution in [0.4, 0.5) is 4.39 Å². The van der Waals surface area contributed by atoms with Gasteiger partial charge in [-0.3, -0.25) is 0 Å². The second-order valence-electron chi connectivity index (χ2n) is 4.38. The summed E-state index contributed by atoms with van der Waals surface area (Å²) in [5.74, 6) is -0.926. The zero-order valence-electron chi connectivity index (χ0n) is 9.03. The van der Waals surface area contributed by atoms with Gasteiger partial charge in [0, 0.05) is 0 Å². The Kier molecular flexibility index (Phi) is 3.22. The first-order chi connectivity index (χ1) is 7.68. The lowest BCUT2D eigenvalue weighted by Gasteiger charge is -2.15.